The minimum Gasteiger partial charge on any atom is -0.508 e. The topological polar surface area (TPSA) is 113 Å². The fraction of sp³-hybridized carbons (Fsp3) is 0.348. The number of phenolic OH excluding ortho intramolecular Hbond substituents is 1. The van der Waals surface area contributed by atoms with Crippen molar-refractivity contribution in [1.29, 1.82) is 0 Å². The average molecular weight is 413 g/mol. The standard InChI is InChI=1S/C23H27NO6/c1-3-30-23(29)15(2)20(24-21(26)11-12-22(27)28)13-16-7-9-17(10-8-16)18-5-4-6-19(25)14-18/h4-10,14-15,20,25H,3,11-13H2,1-2H3,(H,24,26)(H,27,28)/t15?,20-/m1/s1. The molecule has 160 valence electrons. The molecular weight excluding hydrogens is 386 g/mol. The Morgan fingerprint density at radius 1 is 1.03 bits per heavy atom. The van der Waals surface area contributed by atoms with Gasteiger partial charge in [0.05, 0.1) is 18.9 Å². The number of nitrogens with one attached hydrogen (secondary N) is 1. The normalized spacial score (nSPS) is 12.6. The molecule has 30 heavy (non-hydrogen) atoms. The van der Waals surface area contributed by atoms with Crippen LogP contribution in [0, 0.1) is 5.92 Å². The van der Waals surface area contributed by atoms with Crippen LogP contribution in [-0.4, -0.2) is 40.7 Å². The van der Waals surface area contributed by atoms with Crippen molar-refractivity contribution in [3.05, 3.63) is 54.1 Å². The van der Waals surface area contributed by atoms with E-state index in [1.807, 2.05) is 30.3 Å². The van der Waals surface area contributed by atoms with E-state index in [1.54, 1.807) is 32.0 Å². The Bertz CT molecular complexity index is 878. The van der Waals surface area contributed by atoms with Crippen molar-refractivity contribution in [2.75, 3.05) is 6.61 Å². The Kier molecular flexibility index (Phi) is 8.41. The van der Waals surface area contributed by atoms with Gasteiger partial charge in [0.1, 0.15) is 5.75 Å². The van der Waals surface area contributed by atoms with Gasteiger partial charge in [-0.25, -0.2) is 0 Å². The lowest BCUT2D eigenvalue weighted by atomic mass is 9.93. The molecule has 2 aromatic rings. The van der Waals surface area contributed by atoms with Gasteiger partial charge >= 0.3 is 11.9 Å². The Labute approximate surface area is 175 Å². The summed E-state index contributed by atoms with van der Waals surface area (Å²) in [6.07, 6.45) is -0.0398. The van der Waals surface area contributed by atoms with Crippen LogP contribution in [0.4, 0.5) is 0 Å². The summed E-state index contributed by atoms with van der Waals surface area (Å²) in [4.78, 5) is 35.1. The first-order chi connectivity index (χ1) is 14.3. The number of carbonyl (C=O) groups excluding carboxylic acids is 2. The second-order valence-corrected chi connectivity index (χ2v) is 7.06. The molecule has 0 fully saturated rings. The monoisotopic (exact) mass is 413 g/mol. The molecule has 0 bridgehead atoms. The van der Waals surface area contributed by atoms with Gasteiger partial charge in [-0.05, 0) is 49.1 Å². The number of hydrogen-bond donors (Lipinski definition) is 3. The molecule has 0 aliphatic carbocycles. The molecule has 1 unspecified atom stereocenters. The van der Waals surface area contributed by atoms with Crippen LogP contribution in [-0.2, 0) is 25.5 Å². The lowest BCUT2D eigenvalue weighted by Crippen LogP contribution is -2.44. The SMILES string of the molecule is CCOC(=O)C(C)[C@@H](Cc1ccc(-c2cccc(O)c2)cc1)NC(=O)CCC(=O)O. The second kappa shape index (κ2) is 11.0. The van der Waals surface area contributed by atoms with E-state index in [-0.39, 0.29) is 25.2 Å². The number of carbonyl (C=O) groups is 3. The van der Waals surface area contributed by atoms with Crippen LogP contribution < -0.4 is 5.32 Å². The van der Waals surface area contributed by atoms with Gasteiger partial charge in [-0.3, -0.25) is 14.4 Å². The highest BCUT2D eigenvalue weighted by atomic mass is 16.5. The van der Waals surface area contributed by atoms with Crippen molar-refractivity contribution in [3.63, 3.8) is 0 Å². The Balaban J connectivity index is 2.14. The van der Waals surface area contributed by atoms with Gasteiger partial charge in [0, 0.05) is 12.5 Å². The van der Waals surface area contributed by atoms with E-state index < -0.39 is 29.8 Å². The number of aromatic hydroxyl groups is 1. The van der Waals surface area contributed by atoms with Crippen LogP contribution >= 0.6 is 0 Å². The van der Waals surface area contributed by atoms with Gasteiger partial charge in [0.2, 0.25) is 5.91 Å². The van der Waals surface area contributed by atoms with E-state index >= 15 is 0 Å². The summed E-state index contributed by atoms with van der Waals surface area (Å²) in [7, 11) is 0. The minimum absolute atomic E-state index is 0.155. The highest BCUT2D eigenvalue weighted by molar-refractivity contribution is 5.82. The van der Waals surface area contributed by atoms with E-state index in [0.29, 0.717) is 6.42 Å². The molecule has 7 nitrogen and oxygen atoms in total. The van der Waals surface area contributed by atoms with Gasteiger partial charge in [-0.2, -0.15) is 0 Å². The molecule has 0 saturated carbocycles. The Hall–Kier alpha value is -3.35. The maximum Gasteiger partial charge on any atom is 0.310 e. The van der Waals surface area contributed by atoms with E-state index in [0.717, 1.165) is 16.7 Å². The summed E-state index contributed by atoms with van der Waals surface area (Å²) < 4.78 is 5.08. The number of ether oxygens (including phenoxy) is 1. The Morgan fingerprint density at radius 3 is 2.33 bits per heavy atom. The molecule has 3 N–H and O–H groups in total. The second-order valence-electron chi connectivity index (χ2n) is 7.06. The molecule has 0 spiro atoms. The van der Waals surface area contributed by atoms with Crippen LogP contribution in [0.2, 0.25) is 0 Å². The highest BCUT2D eigenvalue weighted by Crippen LogP contribution is 2.24. The van der Waals surface area contributed by atoms with Crippen LogP contribution in [0.15, 0.2) is 48.5 Å². The zero-order valence-electron chi connectivity index (χ0n) is 17.1. The fourth-order valence-corrected chi connectivity index (χ4v) is 3.06. The molecule has 1 amide bonds. The van der Waals surface area contributed by atoms with E-state index in [2.05, 4.69) is 5.32 Å². The van der Waals surface area contributed by atoms with E-state index in [1.165, 1.54) is 0 Å². The third kappa shape index (κ3) is 6.92. The van der Waals surface area contributed by atoms with Crippen LogP contribution in [0.25, 0.3) is 11.1 Å². The molecule has 0 aromatic heterocycles. The number of carboxylic acids is 1. The predicted octanol–water partition coefficient (Wildman–Crippen LogP) is 3.15. The molecular formula is C23H27NO6. The fourth-order valence-electron chi connectivity index (χ4n) is 3.06. The van der Waals surface area contributed by atoms with Gasteiger partial charge in [-0.1, -0.05) is 36.4 Å². The molecule has 2 rings (SSSR count). The maximum atomic E-state index is 12.2. The van der Waals surface area contributed by atoms with Crippen molar-refractivity contribution < 1.29 is 29.3 Å². The summed E-state index contributed by atoms with van der Waals surface area (Å²) in [5.41, 5.74) is 2.70. The lowest BCUT2D eigenvalue weighted by Gasteiger charge is -2.24. The zero-order chi connectivity index (χ0) is 22.1. The van der Waals surface area contributed by atoms with Crippen molar-refractivity contribution in [2.45, 2.75) is 39.2 Å². The van der Waals surface area contributed by atoms with Gasteiger partial charge in [0.15, 0.2) is 0 Å². The van der Waals surface area contributed by atoms with Crippen molar-refractivity contribution >= 4 is 17.8 Å². The summed E-state index contributed by atoms with van der Waals surface area (Å²) in [5, 5.41) is 21.2. The number of amides is 1. The number of carboxylic acid groups (broad SMARTS) is 1. The first-order valence-corrected chi connectivity index (χ1v) is 9.86. The van der Waals surface area contributed by atoms with Crippen molar-refractivity contribution in [1.82, 2.24) is 5.32 Å². The quantitative estimate of drug-likeness (QED) is 0.516. The number of rotatable bonds is 10. The molecule has 0 aliphatic heterocycles. The van der Waals surface area contributed by atoms with E-state index in [4.69, 9.17) is 9.84 Å². The smallest absolute Gasteiger partial charge is 0.310 e. The Morgan fingerprint density at radius 2 is 1.73 bits per heavy atom. The van der Waals surface area contributed by atoms with Gasteiger partial charge in [0.25, 0.3) is 0 Å². The number of benzene rings is 2. The average Bonchev–Trinajstić information content (AvgIpc) is 2.72. The summed E-state index contributed by atoms with van der Waals surface area (Å²) in [6.45, 7) is 3.63. The molecule has 2 aromatic carbocycles. The van der Waals surface area contributed by atoms with Crippen molar-refractivity contribution in [2.24, 2.45) is 5.92 Å². The predicted molar refractivity (Wildman–Crippen MR) is 112 cm³/mol. The maximum absolute atomic E-state index is 12.2. The highest BCUT2D eigenvalue weighted by Gasteiger charge is 2.27. The molecule has 0 aliphatic rings. The minimum atomic E-state index is -1.05. The summed E-state index contributed by atoms with van der Waals surface area (Å²) >= 11 is 0. The summed E-state index contributed by atoms with van der Waals surface area (Å²) in [5.74, 6) is -2.30. The van der Waals surface area contributed by atoms with E-state index in [9.17, 15) is 19.5 Å². The van der Waals surface area contributed by atoms with Gasteiger partial charge in [-0.15, -0.1) is 0 Å². The third-order valence-electron chi connectivity index (χ3n) is 4.76. The van der Waals surface area contributed by atoms with Crippen LogP contribution in [0.5, 0.6) is 5.75 Å². The van der Waals surface area contributed by atoms with Gasteiger partial charge < -0.3 is 20.3 Å². The molecule has 7 heteroatoms. The van der Waals surface area contributed by atoms with Crippen LogP contribution in [0.1, 0.15) is 32.3 Å². The number of hydrogen-bond acceptors (Lipinski definition) is 5. The van der Waals surface area contributed by atoms with Crippen molar-refractivity contribution in [3.8, 4) is 16.9 Å². The first kappa shape index (κ1) is 22.9. The summed E-state index contributed by atoms with van der Waals surface area (Å²) in [6, 6.07) is 14.0. The van der Waals surface area contributed by atoms with Crippen LogP contribution in [0.3, 0.4) is 0 Å². The lowest BCUT2D eigenvalue weighted by molar-refractivity contribution is -0.148. The molecule has 2 atom stereocenters. The number of phenols is 1. The number of esters is 1. The largest absolute Gasteiger partial charge is 0.508 e. The molecule has 0 radical (unpaired) electrons. The third-order valence-corrected chi connectivity index (χ3v) is 4.76. The molecule has 0 heterocycles. The zero-order valence-corrected chi connectivity index (χ0v) is 17.1. The number of aliphatic carboxylic acids is 1. The first-order valence-electron chi connectivity index (χ1n) is 9.86. The molecule has 0 saturated heterocycles.